The second-order valence-electron chi connectivity index (χ2n) is 5.79. The zero-order valence-corrected chi connectivity index (χ0v) is 9.81. The smallest absolute Gasteiger partial charge is 0.0707 e. The lowest BCUT2D eigenvalue weighted by molar-refractivity contribution is -0.0588. The van der Waals surface area contributed by atoms with Gasteiger partial charge in [0.25, 0.3) is 0 Å². The van der Waals surface area contributed by atoms with Gasteiger partial charge in [-0.15, -0.1) is 0 Å². The second-order valence-corrected chi connectivity index (χ2v) is 5.79. The third-order valence-corrected chi connectivity index (χ3v) is 3.81. The number of hydrogen-bond donors (Lipinski definition) is 0. The molecule has 2 fully saturated rings. The Morgan fingerprint density at radius 2 is 1.71 bits per heavy atom. The molecule has 0 radical (unpaired) electrons. The van der Waals surface area contributed by atoms with Gasteiger partial charge in [0.15, 0.2) is 0 Å². The molecule has 2 aliphatic rings. The molecule has 1 spiro atoms. The van der Waals surface area contributed by atoms with Gasteiger partial charge >= 0.3 is 0 Å². The quantitative estimate of drug-likeness (QED) is 0.591. The van der Waals surface area contributed by atoms with Gasteiger partial charge in [-0.05, 0) is 46.5 Å². The van der Waals surface area contributed by atoms with Crippen molar-refractivity contribution in [2.45, 2.75) is 57.6 Å². The van der Waals surface area contributed by atoms with Crippen LogP contribution in [0.3, 0.4) is 0 Å². The summed E-state index contributed by atoms with van der Waals surface area (Å²) in [6.07, 6.45) is 5.05. The number of rotatable bonds is 0. The van der Waals surface area contributed by atoms with E-state index in [1.807, 2.05) is 0 Å². The van der Waals surface area contributed by atoms with Crippen molar-refractivity contribution in [3.63, 3.8) is 0 Å². The highest BCUT2D eigenvalue weighted by Crippen LogP contribution is 2.37. The van der Waals surface area contributed by atoms with E-state index in [0.29, 0.717) is 5.54 Å². The van der Waals surface area contributed by atoms with Gasteiger partial charge in [0.1, 0.15) is 0 Å². The van der Waals surface area contributed by atoms with Crippen LogP contribution in [-0.2, 0) is 4.74 Å². The van der Waals surface area contributed by atoms with E-state index in [9.17, 15) is 0 Å². The molecule has 0 aromatic carbocycles. The van der Waals surface area contributed by atoms with Crippen LogP contribution in [0.1, 0.15) is 46.5 Å². The van der Waals surface area contributed by atoms with Crippen molar-refractivity contribution in [1.82, 2.24) is 4.90 Å². The minimum absolute atomic E-state index is 0.280. The Morgan fingerprint density at radius 3 is 2.14 bits per heavy atom. The van der Waals surface area contributed by atoms with Crippen molar-refractivity contribution < 1.29 is 4.74 Å². The van der Waals surface area contributed by atoms with Crippen molar-refractivity contribution in [3.05, 3.63) is 0 Å². The van der Waals surface area contributed by atoms with E-state index in [2.05, 4.69) is 25.7 Å². The van der Waals surface area contributed by atoms with Crippen molar-refractivity contribution >= 4 is 0 Å². The van der Waals surface area contributed by atoms with E-state index in [1.54, 1.807) is 0 Å². The molecule has 0 saturated carbocycles. The summed E-state index contributed by atoms with van der Waals surface area (Å²) in [5.74, 6) is 0. The summed E-state index contributed by atoms with van der Waals surface area (Å²) >= 11 is 0. The first-order chi connectivity index (χ1) is 6.52. The summed E-state index contributed by atoms with van der Waals surface area (Å²) in [5.41, 5.74) is 0.613. The van der Waals surface area contributed by atoms with E-state index in [-0.39, 0.29) is 5.60 Å². The molecule has 0 atom stereocenters. The Bertz CT molecular complexity index is 191. The summed E-state index contributed by atoms with van der Waals surface area (Å²) < 4.78 is 5.92. The van der Waals surface area contributed by atoms with Gasteiger partial charge in [-0.25, -0.2) is 0 Å². The molecule has 0 aromatic rings. The largest absolute Gasteiger partial charge is 0.375 e. The number of nitrogens with zero attached hydrogens (tertiary/aromatic N) is 1. The summed E-state index contributed by atoms with van der Waals surface area (Å²) in [7, 11) is 0. The molecule has 0 bridgehead atoms. The van der Waals surface area contributed by atoms with Gasteiger partial charge < -0.3 is 4.74 Å². The van der Waals surface area contributed by atoms with Crippen molar-refractivity contribution in [2.24, 2.45) is 0 Å². The van der Waals surface area contributed by atoms with E-state index >= 15 is 0 Å². The van der Waals surface area contributed by atoms with Crippen LogP contribution in [0.25, 0.3) is 0 Å². The fourth-order valence-corrected chi connectivity index (χ4v) is 2.73. The summed E-state index contributed by atoms with van der Waals surface area (Å²) in [4.78, 5) is 2.58. The maximum Gasteiger partial charge on any atom is 0.0707 e. The molecule has 2 saturated heterocycles. The zero-order valence-electron chi connectivity index (χ0n) is 9.81. The molecular weight excluding hydrogens is 174 g/mol. The summed E-state index contributed by atoms with van der Waals surface area (Å²) in [6.45, 7) is 10.3. The fourth-order valence-electron chi connectivity index (χ4n) is 2.73. The van der Waals surface area contributed by atoms with E-state index in [1.165, 1.54) is 38.8 Å². The molecule has 2 rings (SSSR count). The van der Waals surface area contributed by atoms with Gasteiger partial charge in [-0.1, -0.05) is 0 Å². The number of ether oxygens (including phenoxy) is 1. The Hall–Kier alpha value is -0.0800. The number of likely N-dealkylation sites (tertiary alicyclic amines) is 1. The molecule has 0 aliphatic carbocycles. The fraction of sp³-hybridized carbons (Fsp3) is 1.00. The molecule has 0 amide bonds. The van der Waals surface area contributed by atoms with Crippen molar-refractivity contribution in [1.29, 1.82) is 0 Å². The van der Waals surface area contributed by atoms with Gasteiger partial charge in [-0.2, -0.15) is 0 Å². The van der Waals surface area contributed by atoms with Crippen LogP contribution in [0.2, 0.25) is 0 Å². The van der Waals surface area contributed by atoms with Crippen LogP contribution in [0.15, 0.2) is 0 Å². The van der Waals surface area contributed by atoms with Gasteiger partial charge in [0.2, 0.25) is 0 Å². The standard InChI is InChI=1S/C12H23NO/c1-11(2,3)13-8-6-12(7-9-13)5-4-10-14-12/h4-10H2,1-3H3. The normalized spacial score (nSPS) is 28.5. The molecule has 0 N–H and O–H groups in total. The molecule has 2 aliphatic heterocycles. The molecule has 2 heteroatoms. The highest BCUT2D eigenvalue weighted by atomic mass is 16.5. The third kappa shape index (κ3) is 1.96. The first-order valence-electron chi connectivity index (χ1n) is 5.91. The first-order valence-corrected chi connectivity index (χ1v) is 5.91. The monoisotopic (exact) mass is 197 g/mol. The molecule has 2 heterocycles. The Labute approximate surface area is 87.6 Å². The SMILES string of the molecule is CC(C)(C)N1CCC2(CCCO2)CC1. The third-order valence-electron chi connectivity index (χ3n) is 3.81. The zero-order chi connectivity index (χ0) is 10.2. The lowest BCUT2D eigenvalue weighted by Gasteiger charge is -2.44. The van der Waals surface area contributed by atoms with Gasteiger partial charge in [-0.3, -0.25) is 4.90 Å². The molecule has 2 nitrogen and oxygen atoms in total. The lowest BCUT2D eigenvalue weighted by Crippen LogP contribution is -2.51. The highest BCUT2D eigenvalue weighted by Gasteiger charge is 2.40. The predicted molar refractivity (Wildman–Crippen MR) is 58.5 cm³/mol. The minimum Gasteiger partial charge on any atom is -0.375 e. The molecule has 82 valence electrons. The van der Waals surface area contributed by atoms with E-state index < -0.39 is 0 Å². The van der Waals surface area contributed by atoms with Gasteiger partial charge in [0.05, 0.1) is 5.60 Å². The van der Waals surface area contributed by atoms with Gasteiger partial charge in [0, 0.05) is 25.2 Å². The maximum atomic E-state index is 5.92. The predicted octanol–water partition coefficient (Wildman–Crippen LogP) is 2.43. The van der Waals surface area contributed by atoms with Crippen LogP contribution in [0.5, 0.6) is 0 Å². The molecule has 0 unspecified atom stereocenters. The van der Waals surface area contributed by atoms with Crippen molar-refractivity contribution in [2.75, 3.05) is 19.7 Å². The van der Waals surface area contributed by atoms with Crippen LogP contribution in [0.4, 0.5) is 0 Å². The molecular formula is C12H23NO. The minimum atomic E-state index is 0.280. The summed E-state index contributed by atoms with van der Waals surface area (Å²) in [6, 6.07) is 0. The lowest BCUT2D eigenvalue weighted by atomic mass is 9.87. The van der Waals surface area contributed by atoms with E-state index in [4.69, 9.17) is 4.74 Å². The Kier molecular flexibility index (Phi) is 2.61. The van der Waals surface area contributed by atoms with Crippen LogP contribution in [-0.4, -0.2) is 35.7 Å². The maximum absolute atomic E-state index is 5.92. The second kappa shape index (κ2) is 3.49. The summed E-state index contributed by atoms with van der Waals surface area (Å²) in [5, 5.41) is 0. The van der Waals surface area contributed by atoms with Crippen LogP contribution >= 0.6 is 0 Å². The Morgan fingerprint density at radius 1 is 1.07 bits per heavy atom. The van der Waals surface area contributed by atoms with Crippen LogP contribution < -0.4 is 0 Å². The van der Waals surface area contributed by atoms with Crippen molar-refractivity contribution in [3.8, 4) is 0 Å². The average molecular weight is 197 g/mol. The first kappa shape index (κ1) is 10.4. The average Bonchev–Trinajstić information content (AvgIpc) is 2.53. The van der Waals surface area contributed by atoms with E-state index in [0.717, 1.165) is 6.61 Å². The topological polar surface area (TPSA) is 12.5 Å². The highest BCUT2D eigenvalue weighted by molar-refractivity contribution is 4.93. The molecule has 0 aromatic heterocycles. The van der Waals surface area contributed by atoms with Crippen LogP contribution in [0, 0.1) is 0 Å². The Balaban J connectivity index is 1.92. The number of piperidine rings is 1. The number of hydrogen-bond acceptors (Lipinski definition) is 2. The molecule has 14 heavy (non-hydrogen) atoms.